The number of nitrogens with one attached hydrogen (secondary N) is 1. The zero-order chi connectivity index (χ0) is 8.81. The molecule has 0 aromatic carbocycles. The Balaban J connectivity index is 2.55. The van der Waals surface area contributed by atoms with Crippen LogP contribution in [0.25, 0.3) is 0 Å². The molecule has 1 atom stereocenters. The summed E-state index contributed by atoms with van der Waals surface area (Å²) >= 11 is 0. The third-order valence-electron chi connectivity index (χ3n) is 1.69. The smallest absolute Gasteiger partial charge is 0.0578 e. The van der Waals surface area contributed by atoms with Crippen molar-refractivity contribution in [2.75, 3.05) is 6.54 Å². The Bertz CT molecular complexity index is 261. The van der Waals surface area contributed by atoms with Gasteiger partial charge in [-0.2, -0.15) is 0 Å². The van der Waals surface area contributed by atoms with E-state index < -0.39 is 0 Å². The fraction of sp³-hybridized carbons (Fsp3) is 0.300. The van der Waals surface area contributed by atoms with Crippen LogP contribution in [0.4, 0.5) is 0 Å². The topological polar surface area (TPSA) is 24.9 Å². The summed E-state index contributed by atoms with van der Waals surface area (Å²) in [6.07, 6.45) is 8.73. The number of terminal acetylenes is 1. The molecule has 0 unspecified atom stereocenters. The molecule has 2 nitrogen and oxygen atoms in total. The van der Waals surface area contributed by atoms with E-state index in [1.165, 1.54) is 0 Å². The molecular formula is C10H12N2. The van der Waals surface area contributed by atoms with E-state index in [9.17, 15) is 0 Å². The van der Waals surface area contributed by atoms with Crippen molar-refractivity contribution in [1.29, 1.82) is 0 Å². The quantitative estimate of drug-likeness (QED) is 0.675. The number of hydrogen-bond acceptors (Lipinski definition) is 2. The summed E-state index contributed by atoms with van der Waals surface area (Å²) in [5.74, 6) is 2.54. The summed E-state index contributed by atoms with van der Waals surface area (Å²) in [6.45, 7) is 2.66. The van der Waals surface area contributed by atoms with Crippen LogP contribution in [0.1, 0.15) is 18.5 Å². The molecule has 1 N–H and O–H groups in total. The Kier molecular flexibility index (Phi) is 3.31. The van der Waals surface area contributed by atoms with Crippen LogP contribution >= 0.6 is 0 Å². The van der Waals surface area contributed by atoms with Gasteiger partial charge in [-0.1, -0.05) is 12.0 Å². The van der Waals surface area contributed by atoms with Crippen molar-refractivity contribution in [1.82, 2.24) is 10.3 Å². The highest BCUT2D eigenvalue weighted by Gasteiger charge is 2.01. The van der Waals surface area contributed by atoms with Gasteiger partial charge in [0.2, 0.25) is 0 Å². The molecule has 1 heterocycles. The summed E-state index contributed by atoms with van der Waals surface area (Å²) in [5.41, 5.74) is 1.16. The van der Waals surface area contributed by atoms with Gasteiger partial charge < -0.3 is 0 Å². The Morgan fingerprint density at radius 3 is 3.17 bits per heavy atom. The van der Waals surface area contributed by atoms with Gasteiger partial charge in [0.25, 0.3) is 0 Å². The lowest BCUT2D eigenvalue weighted by Crippen LogP contribution is -2.18. The summed E-state index contributed by atoms with van der Waals surface area (Å²) in [5, 5.41) is 3.17. The molecule has 1 rings (SSSR count). The van der Waals surface area contributed by atoms with E-state index in [0.29, 0.717) is 6.54 Å². The zero-order valence-corrected chi connectivity index (χ0v) is 7.12. The van der Waals surface area contributed by atoms with E-state index in [1.807, 2.05) is 18.3 Å². The number of hydrogen-bond donors (Lipinski definition) is 1. The van der Waals surface area contributed by atoms with Crippen molar-refractivity contribution in [2.45, 2.75) is 13.0 Å². The van der Waals surface area contributed by atoms with Crippen molar-refractivity contribution in [3.8, 4) is 12.3 Å². The predicted molar refractivity (Wildman–Crippen MR) is 49.5 cm³/mol. The SMILES string of the molecule is C#CCN[C@H](C)c1cccnc1. The molecule has 2 heteroatoms. The Labute approximate surface area is 73.0 Å². The molecule has 0 saturated heterocycles. The van der Waals surface area contributed by atoms with Crippen molar-refractivity contribution in [3.63, 3.8) is 0 Å². The van der Waals surface area contributed by atoms with Gasteiger partial charge in [-0.25, -0.2) is 0 Å². The van der Waals surface area contributed by atoms with Gasteiger partial charge >= 0.3 is 0 Å². The van der Waals surface area contributed by atoms with Crippen LogP contribution in [0.15, 0.2) is 24.5 Å². The van der Waals surface area contributed by atoms with Crippen LogP contribution < -0.4 is 5.32 Å². The van der Waals surface area contributed by atoms with Gasteiger partial charge in [-0.3, -0.25) is 10.3 Å². The highest BCUT2D eigenvalue weighted by atomic mass is 14.9. The average Bonchev–Trinajstić information content (AvgIpc) is 2.15. The summed E-state index contributed by atoms with van der Waals surface area (Å²) in [7, 11) is 0. The third-order valence-corrected chi connectivity index (χ3v) is 1.69. The molecule has 12 heavy (non-hydrogen) atoms. The van der Waals surface area contributed by atoms with E-state index in [0.717, 1.165) is 5.56 Å². The van der Waals surface area contributed by atoms with Crippen LogP contribution in [-0.4, -0.2) is 11.5 Å². The van der Waals surface area contributed by atoms with Gasteiger partial charge in [0.05, 0.1) is 6.54 Å². The molecule has 0 aliphatic heterocycles. The second-order valence-electron chi connectivity index (χ2n) is 2.59. The maximum atomic E-state index is 5.13. The maximum Gasteiger partial charge on any atom is 0.0578 e. The monoisotopic (exact) mass is 160 g/mol. The van der Waals surface area contributed by atoms with E-state index in [4.69, 9.17) is 6.42 Å². The number of pyridine rings is 1. The molecule has 0 fully saturated rings. The van der Waals surface area contributed by atoms with Crippen LogP contribution in [-0.2, 0) is 0 Å². The highest BCUT2D eigenvalue weighted by Crippen LogP contribution is 2.08. The molecule has 0 amide bonds. The maximum absolute atomic E-state index is 5.13. The molecule has 0 radical (unpaired) electrons. The second-order valence-corrected chi connectivity index (χ2v) is 2.59. The Morgan fingerprint density at radius 2 is 2.58 bits per heavy atom. The third kappa shape index (κ3) is 2.37. The van der Waals surface area contributed by atoms with Gasteiger partial charge in [0, 0.05) is 18.4 Å². The largest absolute Gasteiger partial charge is 0.300 e. The Hall–Kier alpha value is -1.33. The van der Waals surface area contributed by atoms with Gasteiger partial charge in [0.1, 0.15) is 0 Å². The van der Waals surface area contributed by atoms with Gasteiger partial charge in [0.15, 0.2) is 0 Å². The van der Waals surface area contributed by atoms with Crippen molar-refractivity contribution < 1.29 is 0 Å². The first-order valence-electron chi connectivity index (χ1n) is 3.91. The van der Waals surface area contributed by atoms with E-state index in [2.05, 4.69) is 23.1 Å². The van der Waals surface area contributed by atoms with E-state index in [1.54, 1.807) is 6.20 Å². The van der Waals surface area contributed by atoms with Crippen LogP contribution in [0.3, 0.4) is 0 Å². The van der Waals surface area contributed by atoms with Crippen LogP contribution in [0.2, 0.25) is 0 Å². The molecule has 1 aromatic rings. The van der Waals surface area contributed by atoms with Crippen LogP contribution in [0.5, 0.6) is 0 Å². The number of nitrogens with zero attached hydrogens (tertiary/aromatic N) is 1. The molecular weight excluding hydrogens is 148 g/mol. The molecule has 0 bridgehead atoms. The lowest BCUT2D eigenvalue weighted by atomic mass is 10.1. The fourth-order valence-electron chi connectivity index (χ4n) is 0.962. The first-order valence-corrected chi connectivity index (χ1v) is 3.91. The van der Waals surface area contributed by atoms with Gasteiger partial charge in [-0.15, -0.1) is 6.42 Å². The summed E-state index contributed by atoms with van der Waals surface area (Å²) in [4.78, 5) is 4.02. The molecule has 0 aliphatic carbocycles. The lowest BCUT2D eigenvalue weighted by Gasteiger charge is -2.10. The van der Waals surface area contributed by atoms with Crippen molar-refractivity contribution >= 4 is 0 Å². The minimum absolute atomic E-state index is 0.273. The normalized spacial score (nSPS) is 12.0. The van der Waals surface area contributed by atoms with Crippen LogP contribution in [0, 0.1) is 12.3 Å². The average molecular weight is 160 g/mol. The zero-order valence-electron chi connectivity index (χ0n) is 7.12. The Morgan fingerprint density at radius 1 is 1.75 bits per heavy atom. The second kappa shape index (κ2) is 4.53. The number of rotatable bonds is 3. The fourth-order valence-corrected chi connectivity index (χ4v) is 0.962. The first kappa shape index (κ1) is 8.76. The molecule has 0 saturated carbocycles. The molecule has 0 spiro atoms. The molecule has 1 aromatic heterocycles. The standard InChI is InChI=1S/C10H12N2/c1-3-6-12-9(2)10-5-4-7-11-8-10/h1,4-5,7-9,12H,6H2,2H3/t9-/m1/s1. The predicted octanol–water partition coefficient (Wildman–Crippen LogP) is 1.37. The van der Waals surface area contributed by atoms with E-state index >= 15 is 0 Å². The van der Waals surface area contributed by atoms with E-state index in [-0.39, 0.29) is 6.04 Å². The summed E-state index contributed by atoms with van der Waals surface area (Å²) in [6, 6.07) is 4.22. The van der Waals surface area contributed by atoms with Crippen molar-refractivity contribution in [2.24, 2.45) is 0 Å². The summed E-state index contributed by atoms with van der Waals surface area (Å²) < 4.78 is 0. The first-order chi connectivity index (χ1) is 5.84. The number of aromatic nitrogens is 1. The minimum Gasteiger partial charge on any atom is -0.300 e. The van der Waals surface area contributed by atoms with Gasteiger partial charge in [-0.05, 0) is 18.6 Å². The molecule has 62 valence electrons. The minimum atomic E-state index is 0.273. The van der Waals surface area contributed by atoms with Crippen molar-refractivity contribution in [3.05, 3.63) is 30.1 Å². The molecule has 0 aliphatic rings. The highest BCUT2D eigenvalue weighted by molar-refractivity contribution is 5.13. The lowest BCUT2D eigenvalue weighted by molar-refractivity contribution is 0.621.